The van der Waals surface area contributed by atoms with Crippen LogP contribution in [0.2, 0.25) is 0 Å². The minimum absolute atomic E-state index is 0.0580. The van der Waals surface area contributed by atoms with Crippen LogP contribution in [0, 0.1) is 0 Å². The Morgan fingerprint density at radius 3 is 1.56 bits per heavy atom. The third kappa shape index (κ3) is 5.26. The first-order valence-corrected chi connectivity index (χ1v) is 7.91. The smallest absolute Gasteiger partial charge is 0.392 e. The maximum absolute atomic E-state index is 11.7. The standard InChI is InChI=1S/C15H16N2O10/c1-2-3-4-13(24-14(22)26-16-9(18)5-6-10(16)19)25-15(23)27-17-11(20)7-8-12(17)21/h2,13H,1,3-8H2. The molecular formula is C15H16N2O10. The molecule has 0 atom stereocenters. The molecule has 0 aromatic carbocycles. The summed E-state index contributed by atoms with van der Waals surface area (Å²) in [6, 6.07) is 0. The van der Waals surface area contributed by atoms with Crippen LogP contribution in [0.4, 0.5) is 9.59 Å². The van der Waals surface area contributed by atoms with E-state index in [-0.39, 0.29) is 48.7 Å². The molecule has 0 spiro atoms. The van der Waals surface area contributed by atoms with E-state index in [4.69, 9.17) is 9.47 Å². The molecular weight excluding hydrogens is 368 g/mol. The highest BCUT2D eigenvalue weighted by atomic mass is 16.9. The molecule has 0 aliphatic carbocycles. The highest BCUT2D eigenvalue weighted by molar-refractivity contribution is 6.02. The number of hydrogen-bond acceptors (Lipinski definition) is 10. The van der Waals surface area contributed by atoms with Crippen LogP contribution in [-0.4, -0.2) is 52.4 Å². The Balaban J connectivity index is 1.90. The monoisotopic (exact) mass is 384 g/mol. The zero-order valence-electron chi connectivity index (χ0n) is 14.1. The molecule has 0 bridgehead atoms. The number of imide groups is 2. The zero-order valence-corrected chi connectivity index (χ0v) is 14.1. The van der Waals surface area contributed by atoms with Gasteiger partial charge < -0.3 is 9.47 Å². The lowest BCUT2D eigenvalue weighted by Crippen LogP contribution is -2.36. The van der Waals surface area contributed by atoms with Crippen LogP contribution < -0.4 is 0 Å². The van der Waals surface area contributed by atoms with Crippen molar-refractivity contribution in [2.75, 3.05) is 0 Å². The number of rotatable bonds is 7. The SMILES string of the molecule is C=CCCC(OC(=O)ON1C(=O)CCC1=O)OC(=O)ON1C(=O)CCC1=O. The molecule has 4 amide bonds. The number of ether oxygens (including phenoxy) is 2. The van der Waals surface area contributed by atoms with Crippen molar-refractivity contribution in [3.63, 3.8) is 0 Å². The Morgan fingerprint density at radius 2 is 1.22 bits per heavy atom. The number of nitrogens with zero attached hydrogens (tertiary/aromatic N) is 2. The Morgan fingerprint density at radius 1 is 0.852 bits per heavy atom. The number of allylic oxidation sites excluding steroid dienone is 1. The summed E-state index contributed by atoms with van der Waals surface area (Å²) in [7, 11) is 0. The number of hydrogen-bond donors (Lipinski definition) is 0. The molecule has 0 saturated carbocycles. The van der Waals surface area contributed by atoms with Crippen molar-refractivity contribution in [2.45, 2.75) is 44.8 Å². The molecule has 2 rings (SSSR count). The van der Waals surface area contributed by atoms with Crippen molar-refractivity contribution < 1.29 is 47.9 Å². The molecule has 0 radical (unpaired) electrons. The topological polar surface area (TPSA) is 146 Å². The van der Waals surface area contributed by atoms with Crippen LogP contribution in [-0.2, 0) is 38.3 Å². The highest BCUT2D eigenvalue weighted by Crippen LogP contribution is 2.16. The lowest BCUT2D eigenvalue weighted by Gasteiger charge is -2.19. The van der Waals surface area contributed by atoms with Gasteiger partial charge in [-0.15, -0.1) is 6.58 Å². The van der Waals surface area contributed by atoms with Gasteiger partial charge in [-0.3, -0.25) is 28.9 Å². The van der Waals surface area contributed by atoms with Crippen LogP contribution >= 0.6 is 0 Å². The predicted octanol–water partition coefficient (Wildman–Crippen LogP) is 0.713. The summed E-state index contributed by atoms with van der Waals surface area (Å²) >= 11 is 0. The third-order valence-corrected chi connectivity index (χ3v) is 3.41. The van der Waals surface area contributed by atoms with Crippen LogP contribution in [0.1, 0.15) is 38.5 Å². The van der Waals surface area contributed by atoms with Gasteiger partial charge in [0.1, 0.15) is 0 Å². The summed E-state index contributed by atoms with van der Waals surface area (Å²) in [5, 5.41) is 0.513. The molecule has 2 fully saturated rings. The average Bonchev–Trinajstić information content (AvgIpc) is 3.09. The largest absolute Gasteiger partial charge is 0.537 e. The molecule has 2 heterocycles. The summed E-state index contributed by atoms with van der Waals surface area (Å²) in [5.41, 5.74) is 0. The molecule has 12 heteroatoms. The van der Waals surface area contributed by atoms with E-state index in [1.54, 1.807) is 0 Å². The fourth-order valence-electron chi connectivity index (χ4n) is 2.12. The van der Waals surface area contributed by atoms with Crippen molar-refractivity contribution >= 4 is 35.9 Å². The first-order chi connectivity index (χ1) is 12.8. The molecule has 0 aromatic rings. The number of carbonyl (C=O) groups is 6. The minimum atomic E-state index is -1.54. The summed E-state index contributed by atoms with van der Waals surface area (Å²) in [4.78, 5) is 78.0. The van der Waals surface area contributed by atoms with Crippen molar-refractivity contribution in [1.29, 1.82) is 0 Å². The second kappa shape index (κ2) is 8.78. The van der Waals surface area contributed by atoms with E-state index in [1.165, 1.54) is 6.08 Å². The minimum Gasteiger partial charge on any atom is -0.392 e. The molecule has 0 aromatic heterocycles. The van der Waals surface area contributed by atoms with Gasteiger partial charge in [0.2, 0.25) is 0 Å². The lowest BCUT2D eigenvalue weighted by atomic mass is 10.3. The molecule has 0 N–H and O–H groups in total. The van der Waals surface area contributed by atoms with E-state index in [2.05, 4.69) is 16.3 Å². The van der Waals surface area contributed by atoms with E-state index < -0.39 is 42.2 Å². The van der Waals surface area contributed by atoms with Crippen molar-refractivity contribution in [1.82, 2.24) is 10.1 Å². The van der Waals surface area contributed by atoms with Crippen LogP contribution in [0.5, 0.6) is 0 Å². The van der Waals surface area contributed by atoms with Gasteiger partial charge in [-0.05, 0) is 6.42 Å². The third-order valence-electron chi connectivity index (χ3n) is 3.41. The molecule has 27 heavy (non-hydrogen) atoms. The predicted molar refractivity (Wildman–Crippen MR) is 80.5 cm³/mol. The zero-order chi connectivity index (χ0) is 20.0. The fraction of sp³-hybridized carbons (Fsp3) is 0.467. The molecule has 2 aliphatic rings. The van der Waals surface area contributed by atoms with Crippen LogP contribution in [0.15, 0.2) is 12.7 Å². The Hall–Kier alpha value is -3.44. The fourth-order valence-corrected chi connectivity index (χ4v) is 2.12. The Labute approximate surface area is 152 Å². The lowest BCUT2D eigenvalue weighted by molar-refractivity contribution is -0.195. The second-order valence-electron chi connectivity index (χ2n) is 5.38. The van der Waals surface area contributed by atoms with Gasteiger partial charge >= 0.3 is 12.3 Å². The van der Waals surface area contributed by atoms with E-state index >= 15 is 0 Å². The van der Waals surface area contributed by atoms with Gasteiger partial charge in [-0.1, -0.05) is 16.2 Å². The quantitative estimate of drug-likeness (QED) is 0.266. The van der Waals surface area contributed by atoms with E-state index in [9.17, 15) is 28.8 Å². The first kappa shape index (κ1) is 19.9. The molecule has 2 saturated heterocycles. The summed E-state index contributed by atoms with van der Waals surface area (Å²) in [5.74, 6) is -2.87. The highest BCUT2D eigenvalue weighted by Gasteiger charge is 2.36. The van der Waals surface area contributed by atoms with Gasteiger partial charge in [-0.25, -0.2) is 9.59 Å². The van der Waals surface area contributed by atoms with Crippen molar-refractivity contribution in [3.8, 4) is 0 Å². The number of carbonyl (C=O) groups excluding carboxylic acids is 6. The molecule has 146 valence electrons. The summed E-state index contributed by atoms with van der Waals surface area (Å²) < 4.78 is 9.47. The molecule has 0 unspecified atom stereocenters. The Bertz CT molecular complexity index is 604. The van der Waals surface area contributed by atoms with Gasteiger partial charge in [0, 0.05) is 32.1 Å². The normalized spacial score (nSPS) is 16.8. The van der Waals surface area contributed by atoms with Gasteiger partial charge in [0.15, 0.2) is 0 Å². The number of hydroxylamine groups is 4. The van der Waals surface area contributed by atoms with Crippen LogP contribution in [0.25, 0.3) is 0 Å². The molecule has 12 nitrogen and oxygen atoms in total. The van der Waals surface area contributed by atoms with Gasteiger partial charge in [-0.2, -0.15) is 0 Å². The first-order valence-electron chi connectivity index (χ1n) is 7.91. The van der Waals surface area contributed by atoms with E-state index in [0.29, 0.717) is 0 Å². The number of amides is 4. The van der Waals surface area contributed by atoms with E-state index in [0.717, 1.165) is 0 Å². The Kier molecular flexibility index (Phi) is 6.46. The van der Waals surface area contributed by atoms with E-state index in [1.807, 2.05) is 0 Å². The average molecular weight is 384 g/mol. The van der Waals surface area contributed by atoms with Gasteiger partial charge in [0.05, 0.1) is 0 Å². The maximum Gasteiger partial charge on any atom is 0.537 e. The van der Waals surface area contributed by atoms with Crippen LogP contribution in [0.3, 0.4) is 0 Å². The van der Waals surface area contributed by atoms with Gasteiger partial charge in [0.25, 0.3) is 29.9 Å². The van der Waals surface area contributed by atoms with Crippen molar-refractivity contribution in [2.24, 2.45) is 0 Å². The maximum atomic E-state index is 11.7. The second-order valence-corrected chi connectivity index (χ2v) is 5.38. The summed E-state index contributed by atoms with van der Waals surface area (Å²) in [6.45, 7) is 3.46. The van der Waals surface area contributed by atoms with Crippen molar-refractivity contribution in [3.05, 3.63) is 12.7 Å². The molecule has 2 aliphatic heterocycles. The summed E-state index contributed by atoms with van der Waals surface area (Å²) in [6.07, 6.45) is -3.26.